The van der Waals surface area contributed by atoms with Crippen LogP contribution in [0.5, 0.6) is 11.5 Å². The van der Waals surface area contributed by atoms with E-state index in [0.29, 0.717) is 0 Å². The highest BCUT2D eigenvalue weighted by molar-refractivity contribution is 5.93. The van der Waals surface area contributed by atoms with Crippen LogP contribution in [0.1, 0.15) is 44.5 Å². The van der Waals surface area contributed by atoms with E-state index in [1.54, 1.807) is 0 Å². The molecule has 0 fully saturated rings. The molecule has 55 heavy (non-hydrogen) atoms. The normalized spacial score (nSPS) is 14.6. The molecule has 0 aromatic heterocycles. The highest BCUT2D eigenvalue weighted by Crippen LogP contribution is 2.63. The molecule has 0 saturated heterocycles. The Kier molecular flexibility index (Phi) is 6.25. The Labute approximate surface area is 320 Å². The van der Waals surface area contributed by atoms with E-state index in [-0.39, 0.29) is 0 Å². The van der Waals surface area contributed by atoms with Crippen molar-refractivity contribution in [3.05, 3.63) is 251 Å². The third-order valence-electron chi connectivity index (χ3n) is 12.6. The molecule has 0 N–H and O–H groups in total. The van der Waals surface area contributed by atoms with E-state index in [2.05, 4.69) is 206 Å². The largest absolute Gasteiger partial charge is 0.457 e. The average Bonchev–Trinajstić information content (AvgIpc) is 3.72. The van der Waals surface area contributed by atoms with Crippen molar-refractivity contribution in [1.82, 2.24) is 0 Å². The summed E-state index contributed by atoms with van der Waals surface area (Å²) in [6.07, 6.45) is 0. The van der Waals surface area contributed by atoms with Crippen LogP contribution in [0.2, 0.25) is 0 Å². The minimum Gasteiger partial charge on any atom is -0.457 e. The van der Waals surface area contributed by atoms with Crippen LogP contribution < -0.4 is 4.74 Å². The molecule has 1 aliphatic heterocycles. The van der Waals surface area contributed by atoms with Gasteiger partial charge in [0.1, 0.15) is 11.5 Å². The van der Waals surface area contributed by atoms with Crippen molar-refractivity contribution in [2.45, 2.75) is 10.8 Å². The summed E-state index contributed by atoms with van der Waals surface area (Å²) in [5.74, 6) is 1.81. The molecule has 0 unspecified atom stereocenters. The van der Waals surface area contributed by atoms with Crippen LogP contribution in [0.4, 0.5) is 0 Å². The Bertz CT molecular complexity index is 2920. The molecule has 12 rings (SSSR count). The number of fused-ring (bicyclic) bond motifs is 13. The smallest absolute Gasteiger partial charge is 0.132 e. The third kappa shape index (κ3) is 3.97. The summed E-state index contributed by atoms with van der Waals surface area (Å²) in [5, 5.41) is 2.39. The van der Waals surface area contributed by atoms with E-state index >= 15 is 0 Å². The summed E-state index contributed by atoms with van der Waals surface area (Å²) in [5.41, 5.74) is 16.7. The average molecular weight is 699 g/mol. The molecule has 0 amide bonds. The van der Waals surface area contributed by atoms with Crippen LogP contribution in [0.25, 0.3) is 44.2 Å². The van der Waals surface area contributed by atoms with Gasteiger partial charge in [0.2, 0.25) is 0 Å². The number of ether oxygens (including phenoxy) is 1. The first kappa shape index (κ1) is 30.5. The fourth-order valence-electron chi connectivity index (χ4n) is 10.4. The summed E-state index contributed by atoms with van der Waals surface area (Å²) in [7, 11) is 0. The Morgan fingerprint density at radius 2 is 0.709 bits per heavy atom. The quantitative estimate of drug-likeness (QED) is 0.178. The molecule has 1 nitrogen and oxygen atoms in total. The predicted octanol–water partition coefficient (Wildman–Crippen LogP) is 13.3. The van der Waals surface area contributed by atoms with Crippen LogP contribution in [-0.4, -0.2) is 0 Å². The minimum absolute atomic E-state index is 0.426. The van der Waals surface area contributed by atoms with Gasteiger partial charge in [-0.1, -0.05) is 182 Å². The fraction of sp³-hybridized carbons (Fsp3) is 0.0370. The standard InChI is InChI=1S/C54H34O/c1-2-16-39(17-3-1)53(45-22-10-6-18-41(45)42-19-7-11-23-46(42)53)40-29-26-35(27-30-40)38-28-31-51-49(33-38)54(50-32-36-14-4-5-15-37(36)34-52(50)55-51)47-24-12-8-20-43(47)44-21-9-13-25-48(44)54/h1-34H. The van der Waals surface area contributed by atoms with Gasteiger partial charge in [0.25, 0.3) is 0 Å². The van der Waals surface area contributed by atoms with Crippen molar-refractivity contribution in [3.63, 3.8) is 0 Å². The summed E-state index contributed by atoms with van der Waals surface area (Å²) in [6.45, 7) is 0. The highest BCUT2D eigenvalue weighted by Gasteiger charge is 2.51. The highest BCUT2D eigenvalue weighted by atomic mass is 16.5. The number of benzene rings is 9. The molecule has 9 aromatic rings. The summed E-state index contributed by atoms with van der Waals surface area (Å²) >= 11 is 0. The van der Waals surface area contributed by atoms with E-state index in [1.165, 1.54) is 88.7 Å². The Morgan fingerprint density at radius 3 is 1.29 bits per heavy atom. The van der Waals surface area contributed by atoms with Gasteiger partial charge in [0.05, 0.1) is 10.8 Å². The lowest BCUT2D eigenvalue weighted by Gasteiger charge is -2.40. The van der Waals surface area contributed by atoms with Crippen LogP contribution in [-0.2, 0) is 10.8 Å². The molecule has 1 heterocycles. The van der Waals surface area contributed by atoms with E-state index in [0.717, 1.165) is 11.5 Å². The van der Waals surface area contributed by atoms with Gasteiger partial charge in [-0.05, 0) is 102 Å². The predicted molar refractivity (Wildman–Crippen MR) is 224 cm³/mol. The monoisotopic (exact) mass is 698 g/mol. The molecule has 3 aliphatic rings. The van der Waals surface area contributed by atoms with Crippen LogP contribution in [0.15, 0.2) is 206 Å². The second-order valence-electron chi connectivity index (χ2n) is 15.1. The summed E-state index contributed by atoms with van der Waals surface area (Å²) in [6, 6.07) is 76.2. The first-order valence-electron chi connectivity index (χ1n) is 19.2. The van der Waals surface area contributed by atoms with Crippen molar-refractivity contribution < 1.29 is 4.74 Å². The maximum Gasteiger partial charge on any atom is 0.132 e. The Balaban J connectivity index is 1.07. The SMILES string of the molecule is c1ccc(C2(c3ccc(-c4ccc5c(c4)C4(c6cc7ccccc7cc6O5)c5ccccc5-c5ccccc54)cc3)c3ccccc3-c3ccccc32)cc1. The van der Waals surface area contributed by atoms with Gasteiger partial charge in [-0.3, -0.25) is 0 Å². The summed E-state index contributed by atoms with van der Waals surface area (Å²) in [4.78, 5) is 0. The molecule has 9 aromatic carbocycles. The maximum absolute atomic E-state index is 6.91. The van der Waals surface area contributed by atoms with E-state index in [9.17, 15) is 0 Å². The Morgan fingerprint density at radius 1 is 0.273 bits per heavy atom. The maximum atomic E-state index is 6.91. The van der Waals surface area contributed by atoms with Crippen molar-refractivity contribution >= 4 is 10.8 Å². The van der Waals surface area contributed by atoms with Gasteiger partial charge in [-0.15, -0.1) is 0 Å². The van der Waals surface area contributed by atoms with Gasteiger partial charge in [0, 0.05) is 11.1 Å². The molecule has 1 spiro atoms. The zero-order chi connectivity index (χ0) is 36.1. The van der Waals surface area contributed by atoms with E-state index in [1.807, 2.05) is 0 Å². The molecule has 2 aliphatic carbocycles. The van der Waals surface area contributed by atoms with Gasteiger partial charge < -0.3 is 4.74 Å². The first-order valence-corrected chi connectivity index (χ1v) is 19.2. The molecule has 0 atom stereocenters. The lowest BCUT2D eigenvalue weighted by Crippen LogP contribution is -2.32. The van der Waals surface area contributed by atoms with Crippen molar-refractivity contribution in [2.24, 2.45) is 0 Å². The van der Waals surface area contributed by atoms with Gasteiger partial charge in [-0.25, -0.2) is 0 Å². The van der Waals surface area contributed by atoms with Gasteiger partial charge >= 0.3 is 0 Å². The van der Waals surface area contributed by atoms with Crippen LogP contribution in [0, 0.1) is 0 Å². The minimum atomic E-state index is -0.537. The molecule has 256 valence electrons. The fourth-order valence-corrected chi connectivity index (χ4v) is 10.4. The van der Waals surface area contributed by atoms with E-state index in [4.69, 9.17) is 4.74 Å². The zero-order valence-corrected chi connectivity index (χ0v) is 30.0. The van der Waals surface area contributed by atoms with Crippen molar-refractivity contribution in [1.29, 1.82) is 0 Å². The molecule has 0 radical (unpaired) electrons. The Hall–Kier alpha value is -6.96. The second kappa shape index (κ2) is 11.3. The molecule has 1 heteroatoms. The van der Waals surface area contributed by atoms with Crippen molar-refractivity contribution in [2.75, 3.05) is 0 Å². The second-order valence-corrected chi connectivity index (χ2v) is 15.1. The molecular weight excluding hydrogens is 665 g/mol. The lowest BCUT2D eigenvalue weighted by molar-refractivity contribution is 0.437. The van der Waals surface area contributed by atoms with Crippen LogP contribution >= 0.6 is 0 Å². The lowest BCUT2D eigenvalue weighted by atomic mass is 9.65. The number of rotatable bonds is 3. The van der Waals surface area contributed by atoms with Crippen molar-refractivity contribution in [3.8, 4) is 44.9 Å². The first-order chi connectivity index (χ1) is 27.3. The third-order valence-corrected chi connectivity index (χ3v) is 12.6. The topological polar surface area (TPSA) is 9.23 Å². The van der Waals surface area contributed by atoms with Crippen LogP contribution in [0.3, 0.4) is 0 Å². The number of hydrogen-bond donors (Lipinski definition) is 0. The molecule has 0 bridgehead atoms. The molecule has 0 saturated carbocycles. The summed E-state index contributed by atoms with van der Waals surface area (Å²) < 4.78 is 6.91. The van der Waals surface area contributed by atoms with Gasteiger partial charge in [0.15, 0.2) is 0 Å². The number of hydrogen-bond acceptors (Lipinski definition) is 1. The van der Waals surface area contributed by atoms with E-state index < -0.39 is 10.8 Å². The zero-order valence-electron chi connectivity index (χ0n) is 30.0. The van der Waals surface area contributed by atoms with Gasteiger partial charge in [-0.2, -0.15) is 0 Å². The molecular formula is C54H34O.